The summed E-state index contributed by atoms with van der Waals surface area (Å²) in [5, 5.41) is 0. The van der Waals surface area contributed by atoms with Crippen molar-refractivity contribution in [3.63, 3.8) is 0 Å². The van der Waals surface area contributed by atoms with E-state index in [1.54, 1.807) is 0 Å². The fourth-order valence-corrected chi connectivity index (χ4v) is 1.77. The highest BCUT2D eigenvalue weighted by Crippen LogP contribution is 2.29. The molecule has 0 aliphatic heterocycles. The Morgan fingerprint density at radius 2 is 1.88 bits per heavy atom. The molecule has 88 valence electrons. The first-order valence-corrected chi connectivity index (χ1v) is 6.54. The monoisotopic (exact) mass is 244 g/mol. The Labute approximate surface area is 94.2 Å². The van der Waals surface area contributed by atoms with E-state index in [2.05, 4.69) is 0 Å². The molecule has 5 heteroatoms. The molecule has 0 fully saturated rings. The van der Waals surface area contributed by atoms with Crippen LogP contribution in [-0.2, 0) is 14.6 Å². The van der Waals surface area contributed by atoms with Crippen molar-refractivity contribution in [3.8, 4) is 0 Å². The molecule has 0 spiro atoms. The zero-order valence-electron chi connectivity index (χ0n) is 9.32. The van der Waals surface area contributed by atoms with Crippen molar-refractivity contribution in [2.45, 2.75) is 18.6 Å². The smallest absolute Gasteiger partial charge is 0.156 e. The van der Waals surface area contributed by atoms with Crippen molar-refractivity contribution in [2.75, 3.05) is 6.26 Å². The normalized spacial score (nSPS) is 12.5. The van der Waals surface area contributed by atoms with Crippen LogP contribution in [0.3, 0.4) is 0 Å². The van der Waals surface area contributed by atoms with Crippen molar-refractivity contribution in [3.05, 3.63) is 35.1 Å². The van der Waals surface area contributed by atoms with Crippen molar-refractivity contribution < 1.29 is 17.6 Å². The maximum atomic E-state index is 13.3. The third kappa shape index (κ3) is 2.14. The van der Waals surface area contributed by atoms with Gasteiger partial charge in [0.15, 0.2) is 16.1 Å². The molecule has 0 heterocycles. The molecule has 1 aromatic carbocycles. The molecule has 0 saturated heterocycles. The molecule has 0 aliphatic rings. The lowest BCUT2D eigenvalue weighted by atomic mass is 10.0. The molecule has 0 aromatic heterocycles. The molecule has 0 bridgehead atoms. The summed E-state index contributed by atoms with van der Waals surface area (Å²) in [5.41, 5.74) is 0.256. The number of halogens is 1. The molecular weight excluding hydrogens is 231 g/mol. The third-order valence-electron chi connectivity index (χ3n) is 2.75. The maximum Gasteiger partial charge on any atom is 0.156 e. The van der Waals surface area contributed by atoms with Crippen LogP contribution in [0.25, 0.3) is 0 Å². The number of carbonyl (C=O) groups is 1. The van der Waals surface area contributed by atoms with E-state index in [9.17, 15) is 17.6 Å². The van der Waals surface area contributed by atoms with Crippen LogP contribution in [0.1, 0.15) is 29.8 Å². The summed E-state index contributed by atoms with van der Waals surface area (Å²) in [7, 11) is -3.35. The molecule has 0 radical (unpaired) electrons. The minimum Gasteiger partial charge on any atom is -0.298 e. The van der Waals surface area contributed by atoms with Gasteiger partial charge < -0.3 is 0 Å². The average Bonchev–Trinajstić information content (AvgIpc) is 2.15. The second kappa shape index (κ2) is 3.97. The predicted molar refractivity (Wildman–Crippen MR) is 59.7 cm³/mol. The lowest BCUT2D eigenvalue weighted by molar-refractivity contribution is 0.112. The molecule has 1 aromatic rings. The van der Waals surface area contributed by atoms with Gasteiger partial charge in [0.05, 0.1) is 10.3 Å². The van der Waals surface area contributed by atoms with E-state index in [1.807, 2.05) is 0 Å². The van der Waals surface area contributed by atoms with Crippen LogP contribution in [0.15, 0.2) is 18.2 Å². The largest absolute Gasteiger partial charge is 0.298 e. The number of hydrogen-bond donors (Lipinski definition) is 0. The minimum absolute atomic E-state index is 0.0759. The Morgan fingerprint density at radius 3 is 2.25 bits per heavy atom. The topological polar surface area (TPSA) is 51.2 Å². The van der Waals surface area contributed by atoms with Crippen LogP contribution >= 0.6 is 0 Å². The number of carbonyl (C=O) groups excluding carboxylic acids is 1. The fourth-order valence-electron chi connectivity index (χ4n) is 1.21. The van der Waals surface area contributed by atoms with Crippen molar-refractivity contribution >= 4 is 16.1 Å². The predicted octanol–water partition coefficient (Wildman–Crippen LogP) is 1.92. The van der Waals surface area contributed by atoms with Gasteiger partial charge in [-0.2, -0.15) is 0 Å². The van der Waals surface area contributed by atoms with E-state index < -0.39 is 20.4 Å². The molecule has 0 N–H and O–H groups in total. The zero-order valence-corrected chi connectivity index (χ0v) is 10.1. The zero-order chi connectivity index (χ0) is 12.6. The van der Waals surface area contributed by atoms with Crippen molar-refractivity contribution in [1.29, 1.82) is 0 Å². The number of sulfone groups is 1. The Kier molecular flexibility index (Phi) is 3.19. The first-order chi connectivity index (χ1) is 7.20. The van der Waals surface area contributed by atoms with Gasteiger partial charge in [-0.15, -0.1) is 0 Å². The van der Waals surface area contributed by atoms with E-state index in [-0.39, 0.29) is 5.56 Å². The minimum atomic E-state index is -3.35. The van der Waals surface area contributed by atoms with Crippen molar-refractivity contribution in [1.82, 2.24) is 0 Å². The molecule has 3 nitrogen and oxygen atoms in total. The summed E-state index contributed by atoms with van der Waals surface area (Å²) in [6.07, 6.45) is 1.49. The number of rotatable bonds is 3. The average molecular weight is 244 g/mol. The molecule has 1 rings (SSSR count). The highest BCUT2D eigenvalue weighted by Gasteiger charge is 2.32. The molecule has 0 aliphatic carbocycles. The molecule has 0 amide bonds. The van der Waals surface area contributed by atoms with Crippen LogP contribution < -0.4 is 0 Å². The van der Waals surface area contributed by atoms with Gasteiger partial charge in [-0.1, -0.05) is 6.07 Å². The summed E-state index contributed by atoms with van der Waals surface area (Å²) in [6.45, 7) is 3.00. The third-order valence-corrected chi connectivity index (χ3v) is 4.84. The number of aldehydes is 1. The number of benzene rings is 1. The van der Waals surface area contributed by atoms with Crippen LogP contribution in [-0.4, -0.2) is 21.0 Å². The first-order valence-electron chi connectivity index (χ1n) is 4.65. The van der Waals surface area contributed by atoms with Crippen LogP contribution in [0.2, 0.25) is 0 Å². The fraction of sp³-hybridized carbons (Fsp3) is 0.364. The Morgan fingerprint density at radius 1 is 1.31 bits per heavy atom. The van der Waals surface area contributed by atoms with Gasteiger partial charge in [0.2, 0.25) is 0 Å². The summed E-state index contributed by atoms with van der Waals surface area (Å²) in [5.74, 6) is -0.704. The van der Waals surface area contributed by atoms with Gasteiger partial charge in [-0.05, 0) is 31.5 Å². The molecular formula is C11H13FO3S. The highest BCUT2D eigenvalue weighted by atomic mass is 32.2. The first kappa shape index (κ1) is 12.8. The van der Waals surface area contributed by atoms with E-state index in [0.29, 0.717) is 11.8 Å². The number of hydrogen-bond acceptors (Lipinski definition) is 3. The van der Waals surface area contributed by atoms with Gasteiger partial charge >= 0.3 is 0 Å². The second-order valence-electron chi connectivity index (χ2n) is 4.14. The molecule has 0 saturated carbocycles. The van der Waals surface area contributed by atoms with Crippen molar-refractivity contribution in [2.24, 2.45) is 0 Å². The van der Waals surface area contributed by atoms with Gasteiger partial charge in [0, 0.05) is 6.26 Å². The van der Waals surface area contributed by atoms with E-state index in [0.717, 1.165) is 12.3 Å². The van der Waals surface area contributed by atoms with Crippen LogP contribution in [0, 0.1) is 5.82 Å². The van der Waals surface area contributed by atoms with Crippen LogP contribution in [0.4, 0.5) is 4.39 Å². The Bertz CT molecular complexity index is 518. The van der Waals surface area contributed by atoms with Gasteiger partial charge in [-0.3, -0.25) is 4.79 Å². The maximum absolute atomic E-state index is 13.3. The van der Waals surface area contributed by atoms with E-state index >= 15 is 0 Å². The van der Waals surface area contributed by atoms with E-state index in [4.69, 9.17) is 0 Å². The summed E-state index contributed by atoms with van der Waals surface area (Å²) >= 11 is 0. The van der Waals surface area contributed by atoms with E-state index in [1.165, 1.54) is 26.0 Å². The summed E-state index contributed by atoms with van der Waals surface area (Å²) < 4.78 is 35.2. The lowest BCUT2D eigenvalue weighted by Crippen LogP contribution is -2.28. The van der Waals surface area contributed by atoms with Crippen LogP contribution in [0.5, 0.6) is 0 Å². The SMILES string of the molecule is CC(C)(c1ccc(C=O)c(F)c1)S(C)(=O)=O. The Hall–Kier alpha value is -1.23. The second-order valence-corrected chi connectivity index (χ2v) is 6.70. The molecule has 0 unspecified atom stereocenters. The Balaban J connectivity index is 3.36. The standard InChI is InChI=1S/C11H13FO3S/c1-11(2,16(3,14)15)9-5-4-8(7-13)10(12)6-9/h4-7H,1-3H3. The summed E-state index contributed by atoms with van der Waals surface area (Å²) in [6, 6.07) is 3.82. The summed E-state index contributed by atoms with van der Waals surface area (Å²) in [4.78, 5) is 10.4. The van der Waals surface area contributed by atoms with Gasteiger partial charge in [0.25, 0.3) is 0 Å². The lowest BCUT2D eigenvalue weighted by Gasteiger charge is -2.23. The van der Waals surface area contributed by atoms with Gasteiger partial charge in [-0.25, -0.2) is 12.8 Å². The molecule has 16 heavy (non-hydrogen) atoms. The highest BCUT2D eigenvalue weighted by molar-refractivity contribution is 7.91. The van der Waals surface area contributed by atoms with Gasteiger partial charge in [0.1, 0.15) is 5.82 Å². The molecule has 0 atom stereocenters. The quantitative estimate of drug-likeness (QED) is 0.763.